The Labute approximate surface area is 217 Å². The maximum absolute atomic E-state index is 11.6. The standard InChI is InChI=1S/C27H32ClN3O3S/c1-6-26(32)30-22-8-7-9-23(17-22)34-27(18(2)28)35-19(3)29-24-11-10-21(16-25(24)33-5)20-12-14-31(4)15-13-20/h6-11,16-17,20H,1,12-15H2,2-5H3,(H,30,32). The Morgan fingerprint density at radius 3 is 2.63 bits per heavy atom. The minimum absolute atomic E-state index is 0.292. The number of halogens is 1. The predicted molar refractivity (Wildman–Crippen MR) is 147 cm³/mol. The van der Waals surface area contributed by atoms with Crippen LogP contribution in [-0.2, 0) is 4.79 Å². The van der Waals surface area contributed by atoms with E-state index in [9.17, 15) is 4.79 Å². The van der Waals surface area contributed by atoms with Crippen LogP contribution in [0, 0.1) is 0 Å². The number of hydrogen-bond acceptors (Lipinski definition) is 6. The fraction of sp³-hybridized carbons (Fsp3) is 0.333. The van der Waals surface area contributed by atoms with Gasteiger partial charge in [0, 0.05) is 11.8 Å². The van der Waals surface area contributed by atoms with Crippen LogP contribution in [0.3, 0.4) is 0 Å². The highest BCUT2D eigenvalue weighted by molar-refractivity contribution is 8.17. The van der Waals surface area contributed by atoms with Gasteiger partial charge in [-0.05, 0) is 100 Å². The molecule has 1 aliphatic heterocycles. The highest BCUT2D eigenvalue weighted by Crippen LogP contribution is 2.36. The maximum Gasteiger partial charge on any atom is 0.247 e. The van der Waals surface area contributed by atoms with Crippen LogP contribution in [0.15, 0.2) is 70.2 Å². The summed E-state index contributed by atoms with van der Waals surface area (Å²) >= 11 is 7.66. The smallest absolute Gasteiger partial charge is 0.247 e. The average molecular weight is 514 g/mol. The number of allylic oxidation sites excluding steroid dienone is 1. The Kier molecular flexibility index (Phi) is 9.83. The van der Waals surface area contributed by atoms with Crippen molar-refractivity contribution < 1.29 is 14.3 Å². The first-order chi connectivity index (χ1) is 16.8. The van der Waals surface area contributed by atoms with Crippen LogP contribution in [-0.4, -0.2) is 43.1 Å². The molecule has 0 bridgehead atoms. The van der Waals surface area contributed by atoms with Crippen molar-refractivity contribution in [2.75, 3.05) is 32.6 Å². The monoisotopic (exact) mass is 513 g/mol. The van der Waals surface area contributed by atoms with E-state index in [4.69, 9.17) is 26.1 Å². The number of ether oxygens (including phenoxy) is 2. The van der Waals surface area contributed by atoms with Gasteiger partial charge < -0.3 is 19.7 Å². The molecule has 1 saturated heterocycles. The Balaban J connectivity index is 1.74. The van der Waals surface area contributed by atoms with Crippen molar-refractivity contribution in [3.8, 4) is 11.5 Å². The second-order valence-corrected chi connectivity index (χ2v) is 10.1. The van der Waals surface area contributed by atoms with Crippen molar-refractivity contribution in [2.24, 2.45) is 4.99 Å². The number of thioether (sulfide) groups is 1. The van der Waals surface area contributed by atoms with Gasteiger partial charge in [0.05, 0.1) is 17.2 Å². The van der Waals surface area contributed by atoms with Gasteiger partial charge in [-0.25, -0.2) is 4.99 Å². The zero-order valence-corrected chi connectivity index (χ0v) is 22.2. The fourth-order valence-electron chi connectivity index (χ4n) is 3.81. The van der Waals surface area contributed by atoms with E-state index in [2.05, 4.69) is 36.0 Å². The first kappa shape index (κ1) is 26.9. The molecule has 0 aromatic heterocycles. The lowest BCUT2D eigenvalue weighted by Crippen LogP contribution is -2.29. The van der Waals surface area contributed by atoms with Crippen molar-refractivity contribution in [2.45, 2.75) is 32.6 Å². The molecule has 2 aromatic carbocycles. The van der Waals surface area contributed by atoms with Crippen LogP contribution in [0.25, 0.3) is 0 Å². The number of nitrogens with zero attached hydrogens (tertiary/aromatic N) is 2. The number of benzene rings is 2. The number of likely N-dealkylation sites (tertiary alicyclic amines) is 1. The molecule has 0 unspecified atom stereocenters. The van der Waals surface area contributed by atoms with Crippen molar-refractivity contribution in [3.63, 3.8) is 0 Å². The summed E-state index contributed by atoms with van der Waals surface area (Å²) in [7, 11) is 3.84. The highest BCUT2D eigenvalue weighted by atomic mass is 35.5. The summed E-state index contributed by atoms with van der Waals surface area (Å²) in [5.41, 5.74) is 2.65. The van der Waals surface area contributed by atoms with E-state index in [0.29, 0.717) is 27.5 Å². The van der Waals surface area contributed by atoms with E-state index in [1.165, 1.54) is 23.4 Å². The van der Waals surface area contributed by atoms with Crippen LogP contribution in [0.4, 0.5) is 11.4 Å². The van der Waals surface area contributed by atoms with Crippen LogP contribution in [0.2, 0.25) is 0 Å². The van der Waals surface area contributed by atoms with E-state index in [1.807, 2.05) is 13.0 Å². The molecule has 3 rings (SSSR count). The minimum Gasteiger partial charge on any atom is -0.494 e. The Hall–Kier alpha value is -2.74. The predicted octanol–water partition coefficient (Wildman–Crippen LogP) is 6.92. The number of amides is 1. The number of aliphatic imine (C=N–C) groups is 1. The lowest BCUT2D eigenvalue weighted by molar-refractivity contribution is -0.111. The van der Waals surface area contributed by atoms with Crippen molar-refractivity contribution in [3.05, 3.63) is 70.8 Å². The highest BCUT2D eigenvalue weighted by Gasteiger charge is 2.19. The van der Waals surface area contributed by atoms with Crippen molar-refractivity contribution >= 4 is 45.7 Å². The lowest BCUT2D eigenvalue weighted by Gasteiger charge is -2.29. The number of carbonyl (C=O) groups excluding carboxylic acids is 1. The van der Waals surface area contributed by atoms with Gasteiger partial charge in [0.2, 0.25) is 5.91 Å². The number of methoxy groups -OCH3 is 1. The summed E-state index contributed by atoms with van der Waals surface area (Å²) in [5.74, 6) is 1.55. The molecule has 0 atom stereocenters. The van der Waals surface area contributed by atoms with E-state index >= 15 is 0 Å². The van der Waals surface area contributed by atoms with Crippen LogP contribution in [0.5, 0.6) is 11.5 Å². The van der Waals surface area contributed by atoms with Gasteiger partial charge in [-0.15, -0.1) is 0 Å². The molecule has 1 heterocycles. The molecule has 6 nitrogen and oxygen atoms in total. The van der Waals surface area contributed by atoms with Crippen LogP contribution >= 0.6 is 23.4 Å². The van der Waals surface area contributed by atoms with Gasteiger partial charge >= 0.3 is 0 Å². The molecule has 35 heavy (non-hydrogen) atoms. The molecule has 1 aliphatic rings. The van der Waals surface area contributed by atoms with Crippen molar-refractivity contribution in [1.82, 2.24) is 4.90 Å². The number of piperidine rings is 1. The largest absolute Gasteiger partial charge is 0.494 e. The number of rotatable bonds is 8. The van der Waals surface area contributed by atoms with E-state index in [0.717, 1.165) is 42.4 Å². The van der Waals surface area contributed by atoms with E-state index < -0.39 is 0 Å². The number of anilines is 1. The normalized spacial score (nSPS) is 15.9. The topological polar surface area (TPSA) is 63.2 Å². The molecular formula is C27H32ClN3O3S. The Morgan fingerprint density at radius 1 is 1.23 bits per heavy atom. The van der Waals surface area contributed by atoms with Crippen LogP contribution < -0.4 is 14.8 Å². The summed E-state index contributed by atoms with van der Waals surface area (Å²) in [5, 5.41) is 4.47. The van der Waals surface area contributed by atoms with Gasteiger partial charge in [-0.1, -0.05) is 30.3 Å². The Morgan fingerprint density at radius 2 is 1.97 bits per heavy atom. The molecule has 1 fully saturated rings. The van der Waals surface area contributed by atoms with Crippen molar-refractivity contribution in [1.29, 1.82) is 0 Å². The molecule has 2 aromatic rings. The number of hydrogen-bond donors (Lipinski definition) is 1. The molecule has 1 N–H and O–H groups in total. The zero-order valence-electron chi connectivity index (χ0n) is 20.6. The quantitative estimate of drug-likeness (QED) is 0.180. The Bertz CT molecular complexity index is 1120. The molecule has 186 valence electrons. The van der Waals surface area contributed by atoms with E-state index in [-0.39, 0.29) is 5.91 Å². The summed E-state index contributed by atoms with van der Waals surface area (Å²) in [6, 6.07) is 13.3. The molecule has 0 spiro atoms. The zero-order chi connectivity index (χ0) is 25.4. The van der Waals surface area contributed by atoms with Gasteiger partial charge in [0.15, 0.2) is 5.09 Å². The molecule has 0 saturated carbocycles. The third-order valence-corrected chi connectivity index (χ3v) is 6.94. The van der Waals surface area contributed by atoms with Gasteiger partial charge in [-0.2, -0.15) is 0 Å². The molecule has 0 radical (unpaired) electrons. The third kappa shape index (κ3) is 7.88. The van der Waals surface area contributed by atoms with Gasteiger partial charge in [0.1, 0.15) is 17.2 Å². The molecular weight excluding hydrogens is 482 g/mol. The average Bonchev–Trinajstić information content (AvgIpc) is 2.84. The lowest BCUT2D eigenvalue weighted by atomic mass is 9.89. The minimum atomic E-state index is -0.292. The maximum atomic E-state index is 11.6. The fourth-order valence-corrected chi connectivity index (χ4v) is 4.65. The summed E-state index contributed by atoms with van der Waals surface area (Å²) in [4.78, 5) is 18.7. The SMILES string of the molecule is C=CC(=O)Nc1cccc(OC(SC(C)=Nc2ccc(C3CCN(C)CC3)cc2OC)=C(C)Cl)c1. The molecule has 0 aliphatic carbocycles. The second kappa shape index (κ2) is 12.8. The van der Waals surface area contributed by atoms with Gasteiger partial charge in [-0.3, -0.25) is 4.79 Å². The first-order valence-electron chi connectivity index (χ1n) is 11.5. The van der Waals surface area contributed by atoms with Crippen LogP contribution in [0.1, 0.15) is 38.2 Å². The molecule has 1 amide bonds. The molecule has 8 heteroatoms. The summed E-state index contributed by atoms with van der Waals surface area (Å²) in [6.45, 7) is 9.35. The number of carbonyl (C=O) groups is 1. The van der Waals surface area contributed by atoms with Gasteiger partial charge in [0.25, 0.3) is 0 Å². The second-order valence-electron chi connectivity index (χ2n) is 8.39. The third-order valence-electron chi connectivity index (χ3n) is 5.69. The summed E-state index contributed by atoms with van der Waals surface area (Å²) in [6.07, 6.45) is 3.51. The van der Waals surface area contributed by atoms with E-state index in [1.54, 1.807) is 38.3 Å². The summed E-state index contributed by atoms with van der Waals surface area (Å²) < 4.78 is 11.7. The first-order valence-corrected chi connectivity index (χ1v) is 12.7. The number of nitrogens with one attached hydrogen (secondary N) is 1.